The van der Waals surface area contributed by atoms with Crippen LogP contribution in [0.2, 0.25) is 0 Å². The van der Waals surface area contributed by atoms with Gasteiger partial charge in [-0.1, -0.05) is 19.2 Å². The van der Waals surface area contributed by atoms with E-state index >= 15 is 0 Å². The predicted molar refractivity (Wildman–Crippen MR) is 40.5 cm³/mol. The highest BCUT2D eigenvalue weighted by Gasteiger charge is 1.99. The lowest BCUT2D eigenvalue weighted by atomic mass is 10.4. The van der Waals surface area contributed by atoms with Crippen molar-refractivity contribution in [3.05, 3.63) is 35.2 Å². The van der Waals surface area contributed by atoms with Crippen LogP contribution < -0.4 is 0 Å². The van der Waals surface area contributed by atoms with E-state index in [-0.39, 0.29) is 11.5 Å². The Bertz CT molecular complexity index is 170. The van der Waals surface area contributed by atoms with Gasteiger partial charge >= 0.3 is 0 Å². The fraction of sp³-hybridized carbons (Fsp3) is 0. The molecule has 0 aromatic rings. The number of rotatable bonds is 2. The molecule has 0 aliphatic carbocycles. The molecule has 9 heavy (non-hydrogen) atoms. The van der Waals surface area contributed by atoms with Gasteiger partial charge in [0.1, 0.15) is 0 Å². The molecule has 50 valence electrons. The van der Waals surface area contributed by atoms with Crippen LogP contribution in [0.25, 0.3) is 0 Å². The van der Waals surface area contributed by atoms with Crippen molar-refractivity contribution in [3.8, 4) is 0 Å². The van der Waals surface area contributed by atoms with Crippen LogP contribution in [-0.4, -0.2) is 10.2 Å². The smallest absolute Gasteiger partial charge is 0.171 e. The molecule has 0 heterocycles. The van der Waals surface area contributed by atoms with Gasteiger partial charge in [-0.05, 0) is 15.9 Å². The molecular formula is C6H7BrO2. The van der Waals surface area contributed by atoms with Gasteiger partial charge in [0.25, 0.3) is 0 Å². The fourth-order valence-corrected chi connectivity index (χ4v) is 0.463. The molecule has 0 aliphatic rings. The monoisotopic (exact) mass is 190 g/mol. The molecule has 0 spiro atoms. The highest BCUT2D eigenvalue weighted by atomic mass is 79.9. The third-order valence-electron chi connectivity index (χ3n) is 0.679. The van der Waals surface area contributed by atoms with Gasteiger partial charge in [-0.3, -0.25) is 0 Å². The largest absolute Gasteiger partial charge is 0.505 e. The second-order valence-electron chi connectivity index (χ2n) is 1.35. The molecular weight excluding hydrogens is 184 g/mol. The summed E-state index contributed by atoms with van der Waals surface area (Å²) in [7, 11) is 0. The third kappa shape index (κ3) is 2.37. The van der Waals surface area contributed by atoms with Crippen molar-refractivity contribution in [2.45, 2.75) is 0 Å². The second kappa shape index (κ2) is 3.35. The summed E-state index contributed by atoms with van der Waals surface area (Å²) < 4.78 is 0.329. The van der Waals surface area contributed by atoms with Crippen molar-refractivity contribution in [1.82, 2.24) is 0 Å². The molecule has 0 fully saturated rings. The molecule has 2 nitrogen and oxygen atoms in total. The molecule has 2 N–H and O–H groups in total. The molecule has 0 atom stereocenters. The molecule has 0 aromatic carbocycles. The van der Waals surface area contributed by atoms with Crippen LogP contribution in [-0.2, 0) is 0 Å². The first kappa shape index (κ1) is 8.30. The minimum absolute atomic E-state index is 0.287. The lowest BCUT2D eigenvalue weighted by Gasteiger charge is -1.95. The lowest BCUT2D eigenvalue weighted by molar-refractivity contribution is 0.328. The van der Waals surface area contributed by atoms with Crippen LogP contribution in [0, 0.1) is 0 Å². The Hall–Kier alpha value is -0.700. The van der Waals surface area contributed by atoms with Gasteiger partial charge in [0, 0.05) is 0 Å². The minimum Gasteiger partial charge on any atom is -0.505 e. The number of aliphatic hydroxyl groups excluding tert-OH is 2. The van der Waals surface area contributed by atoms with Gasteiger partial charge in [0.2, 0.25) is 0 Å². The Morgan fingerprint density at radius 1 is 1.44 bits per heavy atom. The normalized spacial score (nSPS) is 12.1. The Kier molecular flexibility index (Phi) is 3.09. The molecule has 0 aliphatic heterocycles. The SMILES string of the molecule is C=C/C(Br)=C(/O)C(=C)O. The Morgan fingerprint density at radius 3 is 2.00 bits per heavy atom. The van der Waals surface area contributed by atoms with E-state index in [1.807, 2.05) is 0 Å². The second-order valence-corrected chi connectivity index (χ2v) is 2.20. The van der Waals surface area contributed by atoms with E-state index < -0.39 is 0 Å². The highest BCUT2D eigenvalue weighted by Crippen LogP contribution is 2.14. The van der Waals surface area contributed by atoms with Crippen molar-refractivity contribution in [2.75, 3.05) is 0 Å². The van der Waals surface area contributed by atoms with Crippen molar-refractivity contribution in [1.29, 1.82) is 0 Å². The van der Waals surface area contributed by atoms with Crippen molar-refractivity contribution < 1.29 is 10.2 Å². The number of aliphatic hydroxyl groups is 2. The quantitative estimate of drug-likeness (QED) is 0.519. The van der Waals surface area contributed by atoms with E-state index in [1.165, 1.54) is 6.08 Å². The van der Waals surface area contributed by atoms with E-state index in [2.05, 4.69) is 29.1 Å². The topological polar surface area (TPSA) is 40.5 Å². The number of allylic oxidation sites excluding steroid dienone is 2. The summed E-state index contributed by atoms with van der Waals surface area (Å²) in [5.74, 6) is -0.660. The third-order valence-corrected chi connectivity index (χ3v) is 1.38. The van der Waals surface area contributed by atoms with Crippen molar-refractivity contribution in [3.63, 3.8) is 0 Å². The van der Waals surface area contributed by atoms with Crippen molar-refractivity contribution in [2.24, 2.45) is 0 Å². The first-order valence-electron chi connectivity index (χ1n) is 2.19. The summed E-state index contributed by atoms with van der Waals surface area (Å²) >= 11 is 2.93. The number of hydrogen-bond donors (Lipinski definition) is 2. The Labute approximate surface area is 62.0 Å². The summed E-state index contributed by atoms with van der Waals surface area (Å²) in [6.07, 6.45) is 1.36. The Morgan fingerprint density at radius 2 is 1.89 bits per heavy atom. The van der Waals surface area contributed by atoms with E-state index in [9.17, 15) is 0 Å². The van der Waals surface area contributed by atoms with Crippen LogP contribution in [0.15, 0.2) is 35.2 Å². The average molecular weight is 191 g/mol. The fourth-order valence-electron chi connectivity index (χ4n) is 0.235. The van der Waals surface area contributed by atoms with Gasteiger partial charge in [-0.2, -0.15) is 0 Å². The number of halogens is 1. The number of hydrogen-bond acceptors (Lipinski definition) is 2. The van der Waals surface area contributed by atoms with E-state index in [0.29, 0.717) is 4.48 Å². The first-order chi connectivity index (χ1) is 4.09. The van der Waals surface area contributed by atoms with Crippen LogP contribution in [0.5, 0.6) is 0 Å². The molecule has 0 amide bonds. The predicted octanol–water partition coefficient (Wildman–Crippen LogP) is 2.41. The summed E-state index contributed by atoms with van der Waals surface area (Å²) in [5.41, 5.74) is 0. The molecule has 0 bridgehead atoms. The molecule has 0 aromatic heterocycles. The van der Waals surface area contributed by atoms with Gasteiger partial charge < -0.3 is 10.2 Å². The van der Waals surface area contributed by atoms with Crippen LogP contribution >= 0.6 is 15.9 Å². The van der Waals surface area contributed by atoms with E-state index in [1.54, 1.807) is 0 Å². The minimum atomic E-state index is -0.373. The van der Waals surface area contributed by atoms with Gasteiger partial charge in [-0.25, -0.2) is 0 Å². The molecule has 0 rings (SSSR count). The molecule has 0 unspecified atom stereocenters. The van der Waals surface area contributed by atoms with E-state index in [4.69, 9.17) is 10.2 Å². The van der Waals surface area contributed by atoms with E-state index in [0.717, 1.165) is 0 Å². The molecule has 0 saturated heterocycles. The maximum atomic E-state index is 8.81. The molecule has 3 heteroatoms. The zero-order chi connectivity index (χ0) is 7.44. The van der Waals surface area contributed by atoms with Crippen LogP contribution in [0.1, 0.15) is 0 Å². The zero-order valence-electron chi connectivity index (χ0n) is 4.76. The standard InChI is InChI=1S/C6H7BrO2/c1-3-5(7)6(9)4(2)8/h3,8-9H,1-2H2/b6-5-. The summed E-state index contributed by atoms with van der Waals surface area (Å²) in [5, 5.41) is 17.3. The Balaban J connectivity index is 4.47. The molecule has 0 saturated carbocycles. The lowest BCUT2D eigenvalue weighted by Crippen LogP contribution is -1.85. The maximum Gasteiger partial charge on any atom is 0.171 e. The van der Waals surface area contributed by atoms with Gasteiger partial charge in [0.05, 0.1) is 4.48 Å². The summed E-state index contributed by atoms with van der Waals surface area (Å²) in [6, 6.07) is 0. The maximum absolute atomic E-state index is 8.81. The van der Waals surface area contributed by atoms with Crippen LogP contribution in [0.3, 0.4) is 0 Å². The highest BCUT2D eigenvalue weighted by molar-refractivity contribution is 9.11. The van der Waals surface area contributed by atoms with Gasteiger partial charge in [-0.15, -0.1) is 0 Å². The summed E-state index contributed by atoms with van der Waals surface area (Å²) in [6.45, 7) is 6.44. The zero-order valence-corrected chi connectivity index (χ0v) is 6.35. The van der Waals surface area contributed by atoms with Gasteiger partial charge in [0.15, 0.2) is 11.5 Å². The van der Waals surface area contributed by atoms with Crippen LogP contribution in [0.4, 0.5) is 0 Å². The molecule has 0 radical (unpaired) electrons. The summed E-state index contributed by atoms with van der Waals surface area (Å²) in [4.78, 5) is 0. The van der Waals surface area contributed by atoms with Crippen molar-refractivity contribution >= 4 is 15.9 Å². The first-order valence-corrected chi connectivity index (χ1v) is 2.98. The average Bonchev–Trinajstić information content (AvgIpc) is 1.84.